The highest BCUT2D eigenvalue weighted by Gasteiger charge is 2.70. The van der Waals surface area contributed by atoms with E-state index in [0.29, 0.717) is 24.2 Å². The molecule has 0 saturated carbocycles. The van der Waals surface area contributed by atoms with Crippen molar-refractivity contribution in [3.05, 3.63) is 64.2 Å². The second-order valence-corrected chi connectivity index (χ2v) is 9.49. The van der Waals surface area contributed by atoms with Crippen LogP contribution in [-0.4, -0.2) is 41.7 Å². The predicted molar refractivity (Wildman–Crippen MR) is 134 cm³/mol. The number of aliphatic hydroxyl groups is 1. The Kier molecular flexibility index (Phi) is 9.78. The van der Waals surface area contributed by atoms with E-state index < -0.39 is 35.4 Å². The summed E-state index contributed by atoms with van der Waals surface area (Å²) in [6, 6.07) is 10.4. The van der Waals surface area contributed by atoms with Crippen molar-refractivity contribution in [3.8, 4) is 17.6 Å². The van der Waals surface area contributed by atoms with Gasteiger partial charge in [-0.3, -0.25) is 4.79 Å². The van der Waals surface area contributed by atoms with Gasteiger partial charge in [0.2, 0.25) is 0 Å². The summed E-state index contributed by atoms with van der Waals surface area (Å²) in [6.45, 7) is 10.6. The Hall–Kier alpha value is -3.19. The molecule has 1 atom stereocenters. The molecule has 0 aliphatic heterocycles. The summed E-state index contributed by atoms with van der Waals surface area (Å²) in [7, 11) is 0. The molecule has 2 aromatic carbocycles. The minimum Gasteiger partial charge on any atom is -0.489 e. The van der Waals surface area contributed by atoms with E-state index >= 15 is 0 Å². The molecule has 4 nitrogen and oxygen atoms in total. The van der Waals surface area contributed by atoms with E-state index in [2.05, 4.69) is 0 Å². The molecular weight excluding hydrogens is 526 g/mol. The zero-order valence-electron chi connectivity index (χ0n) is 22.6. The molecule has 0 aliphatic carbocycles. The van der Waals surface area contributed by atoms with Crippen LogP contribution in [0.25, 0.3) is 0 Å². The molecule has 0 spiro atoms. The number of alkyl halides is 6. The monoisotopic (exact) mass is 558 g/mol. The summed E-state index contributed by atoms with van der Waals surface area (Å²) in [6.07, 6.45) is -11.2. The van der Waals surface area contributed by atoms with Gasteiger partial charge >= 0.3 is 23.9 Å². The largest absolute Gasteiger partial charge is 0.489 e. The van der Waals surface area contributed by atoms with Gasteiger partial charge in [-0.1, -0.05) is 44.0 Å². The molecular formula is C29H32F6O4. The Morgan fingerprint density at radius 3 is 1.87 bits per heavy atom. The van der Waals surface area contributed by atoms with Gasteiger partial charge in [-0.2, -0.15) is 26.3 Å². The average Bonchev–Trinajstić information content (AvgIpc) is 2.82. The van der Waals surface area contributed by atoms with E-state index in [4.69, 9.17) is 9.47 Å². The lowest BCUT2D eigenvalue weighted by molar-refractivity contribution is -0.343. The lowest BCUT2D eigenvalue weighted by Crippen LogP contribution is -2.55. The van der Waals surface area contributed by atoms with Crippen LogP contribution >= 0.6 is 0 Å². The van der Waals surface area contributed by atoms with Crippen LogP contribution in [0, 0.1) is 25.7 Å². The maximum Gasteiger partial charge on any atom is 0.438 e. The van der Waals surface area contributed by atoms with Crippen molar-refractivity contribution in [1.29, 1.82) is 0 Å². The van der Waals surface area contributed by atoms with E-state index in [1.807, 2.05) is 44.9 Å². The molecule has 0 heterocycles. The van der Waals surface area contributed by atoms with Gasteiger partial charge in [0, 0.05) is 17.9 Å². The fourth-order valence-corrected chi connectivity index (χ4v) is 4.43. The maximum atomic E-state index is 13.0. The summed E-state index contributed by atoms with van der Waals surface area (Å²) in [4.78, 5) is 11.1. The van der Waals surface area contributed by atoms with Crippen LogP contribution in [0.15, 0.2) is 36.4 Å². The lowest BCUT2D eigenvalue weighted by Gasteiger charge is -2.34. The van der Waals surface area contributed by atoms with Crippen molar-refractivity contribution in [2.24, 2.45) is 0 Å². The Bertz CT molecular complexity index is 1220. The molecule has 1 N–H and O–H groups in total. The van der Waals surface area contributed by atoms with Gasteiger partial charge in [0.05, 0.1) is 0 Å². The quantitative estimate of drug-likeness (QED) is 0.217. The third kappa shape index (κ3) is 6.88. The minimum atomic E-state index is -6.02. The van der Waals surface area contributed by atoms with E-state index in [1.165, 1.54) is 19.9 Å². The highest BCUT2D eigenvalue weighted by atomic mass is 19.4. The molecule has 214 valence electrons. The fraction of sp³-hybridized carbons (Fsp3) is 0.483. The van der Waals surface area contributed by atoms with Gasteiger partial charge < -0.3 is 14.6 Å². The topological polar surface area (TPSA) is 55.8 Å². The fourth-order valence-electron chi connectivity index (χ4n) is 4.43. The van der Waals surface area contributed by atoms with Gasteiger partial charge in [-0.05, 0) is 73.9 Å². The number of hydrogen-bond donors (Lipinski definition) is 1. The minimum absolute atomic E-state index is 0.0615. The third-order valence-electron chi connectivity index (χ3n) is 6.75. The van der Waals surface area contributed by atoms with Crippen LogP contribution in [0.3, 0.4) is 0 Å². The van der Waals surface area contributed by atoms with Crippen molar-refractivity contribution in [1.82, 2.24) is 0 Å². The van der Waals surface area contributed by atoms with Crippen LogP contribution in [0.2, 0.25) is 0 Å². The number of halogens is 6. The molecule has 0 aromatic heterocycles. The van der Waals surface area contributed by atoms with Crippen LogP contribution < -0.4 is 4.74 Å². The number of hydrogen-bond acceptors (Lipinski definition) is 4. The summed E-state index contributed by atoms with van der Waals surface area (Å²) < 4.78 is 88.9. The Morgan fingerprint density at radius 2 is 1.44 bits per heavy atom. The first kappa shape index (κ1) is 32.0. The number of esters is 1. The molecule has 0 radical (unpaired) electrons. The number of carbonyl (C=O) groups is 1. The number of rotatable bonds is 8. The van der Waals surface area contributed by atoms with Crippen molar-refractivity contribution in [3.63, 3.8) is 0 Å². The molecule has 10 heteroatoms. The summed E-state index contributed by atoms with van der Waals surface area (Å²) in [5.74, 6) is 3.10. The highest BCUT2D eigenvalue weighted by Crippen LogP contribution is 2.43. The van der Waals surface area contributed by atoms with E-state index in [0.717, 1.165) is 22.6 Å². The molecule has 0 bridgehead atoms. The van der Waals surface area contributed by atoms with Crippen LogP contribution in [-0.2, 0) is 14.9 Å². The third-order valence-corrected chi connectivity index (χ3v) is 6.75. The van der Waals surface area contributed by atoms with E-state index in [9.17, 15) is 36.2 Å². The SMILES string of the molecule is CCC(CC)(c1ccc(C#CC(O)(C(F)(F)F)C(F)(F)F)c(C)c1)c1ccc(OCC(C)OC(C)=O)c(C)c1. The summed E-state index contributed by atoms with van der Waals surface area (Å²) >= 11 is 0. The standard InChI is InChI=1S/C29H32F6O4/c1-7-26(8-2,24-11-12-25(19(4)16-24)38-17-20(5)39-21(6)36)23-10-9-22(18(3)15-23)13-14-27(37,28(30,31)32)29(33,34)35/h9-12,15-16,20,37H,7-8,17H2,1-6H3. The summed E-state index contributed by atoms with van der Waals surface area (Å²) in [5.41, 5.74) is -2.74. The molecule has 0 saturated heterocycles. The number of carbonyl (C=O) groups excluding carboxylic acids is 1. The first-order chi connectivity index (χ1) is 17.9. The highest BCUT2D eigenvalue weighted by molar-refractivity contribution is 5.66. The van der Waals surface area contributed by atoms with Gasteiger partial charge in [-0.25, -0.2) is 0 Å². The first-order valence-electron chi connectivity index (χ1n) is 12.3. The number of aryl methyl sites for hydroxylation is 2. The predicted octanol–water partition coefficient (Wildman–Crippen LogP) is 6.95. The van der Waals surface area contributed by atoms with E-state index in [-0.39, 0.29) is 12.2 Å². The molecule has 0 amide bonds. The van der Waals surface area contributed by atoms with Crippen LogP contribution in [0.4, 0.5) is 26.3 Å². The molecule has 0 aliphatic rings. The van der Waals surface area contributed by atoms with Crippen molar-refractivity contribution in [2.75, 3.05) is 6.61 Å². The molecule has 0 fully saturated rings. The molecule has 2 rings (SSSR count). The van der Waals surface area contributed by atoms with Gasteiger partial charge in [0.15, 0.2) is 0 Å². The van der Waals surface area contributed by atoms with Crippen LogP contribution in [0.1, 0.15) is 68.4 Å². The Balaban J connectivity index is 2.45. The number of ether oxygens (including phenoxy) is 2. The second-order valence-electron chi connectivity index (χ2n) is 9.49. The van der Waals surface area contributed by atoms with Crippen LogP contribution in [0.5, 0.6) is 5.75 Å². The second kappa shape index (κ2) is 11.9. The molecule has 1 unspecified atom stereocenters. The van der Waals surface area contributed by atoms with Gasteiger partial charge in [0.1, 0.15) is 18.5 Å². The zero-order chi connectivity index (χ0) is 29.8. The average molecular weight is 559 g/mol. The van der Waals surface area contributed by atoms with Crippen molar-refractivity contribution >= 4 is 5.97 Å². The lowest BCUT2D eigenvalue weighted by atomic mass is 9.70. The van der Waals surface area contributed by atoms with E-state index in [1.54, 1.807) is 19.1 Å². The normalized spacial score (nSPS) is 13.4. The maximum absolute atomic E-state index is 13.0. The summed E-state index contributed by atoms with van der Waals surface area (Å²) in [5, 5.41) is 9.34. The van der Waals surface area contributed by atoms with Gasteiger partial charge in [0.25, 0.3) is 0 Å². The Morgan fingerprint density at radius 1 is 0.923 bits per heavy atom. The number of benzene rings is 2. The Labute approximate surface area is 224 Å². The van der Waals surface area contributed by atoms with Crippen molar-refractivity contribution < 1.29 is 45.7 Å². The zero-order valence-corrected chi connectivity index (χ0v) is 22.6. The van der Waals surface area contributed by atoms with Crippen molar-refractivity contribution in [2.45, 2.75) is 83.9 Å². The molecule has 39 heavy (non-hydrogen) atoms. The molecule has 2 aromatic rings. The van der Waals surface area contributed by atoms with Gasteiger partial charge in [-0.15, -0.1) is 0 Å². The smallest absolute Gasteiger partial charge is 0.438 e. The first-order valence-corrected chi connectivity index (χ1v) is 12.3.